The van der Waals surface area contributed by atoms with Crippen LogP contribution in [0.2, 0.25) is 0 Å². The van der Waals surface area contributed by atoms with Gasteiger partial charge in [0.15, 0.2) is 5.82 Å². The van der Waals surface area contributed by atoms with Crippen LogP contribution in [0, 0.1) is 0 Å². The molecule has 1 saturated carbocycles. The topological polar surface area (TPSA) is 57.0 Å². The fraction of sp³-hybridized carbons (Fsp3) is 0.750. The SMILES string of the molecule is CCOC(=O)C1(c2nnc3n2CCCC3)CC1. The Morgan fingerprint density at radius 2 is 2.24 bits per heavy atom. The Hall–Kier alpha value is -1.39. The minimum atomic E-state index is -0.474. The van der Waals surface area contributed by atoms with Gasteiger partial charge < -0.3 is 9.30 Å². The minimum Gasteiger partial charge on any atom is -0.465 e. The predicted molar refractivity (Wildman–Crippen MR) is 60.5 cm³/mol. The lowest BCUT2D eigenvalue weighted by atomic mass is 10.1. The monoisotopic (exact) mass is 235 g/mol. The van der Waals surface area contributed by atoms with Gasteiger partial charge in [-0.15, -0.1) is 10.2 Å². The first-order valence-corrected chi connectivity index (χ1v) is 6.38. The van der Waals surface area contributed by atoms with Crippen LogP contribution >= 0.6 is 0 Å². The van der Waals surface area contributed by atoms with E-state index in [9.17, 15) is 4.79 Å². The number of hydrogen-bond donors (Lipinski definition) is 0. The van der Waals surface area contributed by atoms with Crippen LogP contribution in [0.4, 0.5) is 0 Å². The van der Waals surface area contributed by atoms with Crippen molar-refractivity contribution < 1.29 is 9.53 Å². The average Bonchev–Trinajstić information content (AvgIpc) is 3.04. The molecule has 1 aliphatic heterocycles. The van der Waals surface area contributed by atoms with Crippen molar-refractivity contribution in [3.05, 3.63) is 11.6 Å². The molecule has 1 aromatic rings. The second-order valence-corrected chi connectivity index (χ2v) is 4.85. The van der Waals surface area contributed by atoms with E-state index in [0.29, 0.717) is 6.61 Å². The smallest absolute Gasteiger partial charge is 0.319 e. The summed E-state index contributed by atoms with van der Waals surface area (Å²) < 4.78 is 7.30. The molecule has 0 spiro atoms. The Balaban J connectivity index is 1.94. The molecule has 0 saturated heterocycles. The highest BCUT2D eigenvalue weighted by molar-refractivity contribution is 5.85. The van der Waals surface area contributed by atoms with Crippen molar-refractivity contribution in [2.75, 3.05) is 6.61 Å². The highest BCUT2D eigenvalue weighted by Crippen LogP contribution is 2.48. The average molecular weight is 235 g/mol. The van der Waals surface area contributed by atoms with Crippen molar-refractivity contribution in [3.63, 3.8) is 0 Å². The summed E-state index contributed by atoms with van der Waals surface area (Å²) in [6, 6.07) is 0. The number of aromatic nitrogens is 3. The zero-order valence-electron chi connectivity index (χ0n) is 10.1. The van der Waals surface area contributed by atoms with Gasteiger partial charge in [0.2, 0.25) is 0 Å². The van der Waals surface area contributed by atoms with Crippen molar-refractivity contribution in [3.8, 4) is 0 Å². The third kappa shape index (κ3) is 1.56. The van der Waals surface area contributed by atoms with Gasteiger partial charge in [0.25, 0.3) is 0 Å². The van der Waals surface area contributed by atoms with Crippen molar-refractivity contribution in [2.24, 2.45) is 0 Å². The Morgan fingerprint density at radius 3 is 2.94 bits per heavy atom. The third-order valence-corrected chi connectivity index (χ3v) is 3.70. The number of hydrogen-bond acceptors (Lipinski definition) is 4. The van der Waals surface area contributed by atoms with Gasteiger partial charge in [0, 0.05) is 13.0 Å². The lowest BCUT2D eigenvalue weighted by molar-refractivity contribution is -0.146. The summed E-state index contributed by atoms with van der Waals surface area (Å²) in [5, 5.41) is 8.46. The second kappa shape index (κ2) is 3.82. The number of fused-ring (bicyclic) bond motifs is 1. The molecule has 2 heterocycles. The van der Waals surface area contributed by atoms with E-state index < -0.39 is 5.41 Å². The van der Waals surface area contributed by atoms with Crippen LogP contribution in [0.1, 0.15) is 44.3 Å². The van der Waals surface area contributed by atoms with E-state index in [1.54, 1.807) is 0 Å². The third-order valence-electron chi connectivity index (χ3n) is 3.70. The first-order chi connectivity index (χ1) is 8.28. The fourth-order valence-corrected chi connectivity index (χ4v) is 2.58. The zero-order valence-corrected chi connectivity index (χ0v) is 10.1. The maximum atomic E-state index is 12.0. The summed E-state index contributed by atoms with van der Waals surface area (Å²) in [7, 11) is 0. The lowest BCUT2D eigenvalue weighted by Crippen LogP contribution is -2.28. The molecule has 0 amide bonds. The number of esters is 1. The fourth-order valence-electron chi connectivity index (χ4n) is 2.58. The van der Waals surface area contributed by atoms with Crippen LogP contribution in [0.25, 0.3) is 0 Å². The van der Waals surface area contributed by atoms with Gasteiger partial charge >= 0.3 is 5.97 Å². The van der Waals surface area contributed by atoms with Gasteiger partial charge in [-0.05, 0) is 32.6 Å². The van der Waals surface area contributed by atoms with Crippen molar-refractivity contribution in [2.45, 2.75) is 51.0 Å². The van der Waals surface area contributed by atoms with Crippen LogP contribution in [0.5, 0.6) is 0 Å². The normalized spacial score (nSPS) is 20.8. The molecule has 5 heteroatoms. The van der Waals surface area contributed by atoms with E-state index in [1.807, 2.05) is 6.92 Å². The number of nitrogens with zero attached hydrogens (tertiary/aromatic N) is 3. The summed E-state index contributed by atoms with van der Waals surface area (Å²) in [6.45, 7) is 3.22. The summed E-state index contributed by atoms with van der Waals surface area (Å²) in [6.07, 6.45) is 5.00. The van der Waals surface area contributed by atoms with E-state index in [-0.39, 0.29) is 5.97 Å². The molecule has 5 nitrogen and oxygen atoms in total. The molecular weight excluding hydrogens is 218 g/mol. The van der Waals surface area contributed by atoms with E-state index in [0.717, 1.165) is 43.9 Å². The van der Waals surface area contributed by atoms with E-state index in [1.165, 1.54) is 6.42 Å². The molecule has 0 radical (unpaired) electrons. The molecule has 92 valence electrons. The van der Waals surface area contributed by atoms with Gasteiger partial charge in [-0.2, -0.15) is 0 Å². The first kappa shape index (κ1) is 10.7. The Bertz CT molecular complexity index is 449. The number of aryl methyl sites for hydroxylation is 1. The standard InChI is InChI=1S/C12H17N3O2/c1-2-17-11(16)12(6-7-12)10-14-13-9-5-3-4-8-15(9)10/h2-8H2,1H3. The second-order valence-electron chi connectivity index (χ2n) is 4.85. The summed E-state index contributed by atoms with van der Waals surface area (Å²) in [4.78, 5) is 12.0. The maximum absolute atomic E-state index is 12.0. The maximum Gasteiger partial charge on any atom is 0.319 e. The molecule has 0 atom stereocenters. The van der Waals surface area contributed by atoms with E-state index in [2.05, 4.69) is 14.8 Å². The highest BCUT2D eigenvalue weighted by Gasteiger charge is 2.56. The molecule has 0 unspecified atom stereocenters. The molecule has 1 aliphatic carbocycles. The van der Waals surface area contributed by atoms with Gasteiger partial charge in [-0.1, -0.05) is 0 Å². The molecule has 17 heavy (non-hydrogen) atoms. The summed E-state index contributed by atoms with van der Waals surface area (Å²) in [5.41, 5.74) is -0.474. The van der Waals surface area contributed by atoms with Crippen LogP contribution in [-0.2, 0) is 27.9 Å². The van der Waals surface area contributed by atoms with Crippen LogP contribution in [0.3, 0.4) is 0 Å². The quantitative estimate of drug-likeness (QED) is 0.739. The predicted octanol–water partition coefficient (Wildman–Crippen LogP) is 1.21. The van der Waals surface area contributed by atoms with Crippen molar-refractivity contribution in [1.29, 1.82) is 0 Å². The summed E-state index contributed by atoms with van der Waals surface area (Å²) >= 11 is 0. The van der Waals surface area contributed by atoms with Gasteiger partial charge in [0.05, 0.1) is 6.61 Å². The molecule has 0 bridgehead atoms. The molecule has 0 N–H and O–H groups in total. The van der Waals surface area contributed by atoms with Gasteiger partial charge in [0.1, 0.15) is 11.2 Å². The largest absolute Gasteiger partial charge is 0.465 e. The van der Waals surface area contributed by atoms with Crippen LogP contribution < -0.4 is 0 Å². The number of carbonyl (C=O) groups excluding carboxylic acids is 1. The zero-order chi connectivity index (χ0) is 11.9. The Kier molecular flexibility index (Phi) is 2.42. The van der Waals surface area contributed by atoms with Crippen LogP contribution in [0.15, 0.2) is 0 Å². The van der Waals surface area contributed by atoms with E-state index >= 15 is 0 Å². The van der Waals surface area contributed by atoms with Gasteiger partial charge in [-0.3, -0.25) is 4.79 Å². The molecule has 1 aromatic heterocycles. The minimum absolute atomic E-state index is 0.124. The molecule has 2 aliphatic rings. The lowest BCUT2D eigenvalue weighted by Gasteiger charge is -2.18. The highest BCUT2D eigenvalue weighted by atomic mass is 16.5. The Morgan fingerprint density at radius 1 is 1.41 bits per heavy atom. The van der Waals surface area contributed by atoms with Crippen molar-refractivity contribution >= 4 is 5.97 Å². The Labute approximate surface area is 100 Å². The summed E-state index contributed by atoms with van der Waals surface area (Å²) in [5.74, 6) is 1.74. The van der Waals surface area contributed by atoms with Gasteiger partial charge in [-0.25, -0.2) is 0 Å². The molecule has 1 fully saturated rings. The van der Waals surface area contributed by atoms with Crippen LogP contribution in [-0.4, -0.2) is 27.3 Å². The molecule has 0 aromatic carbocycles. The molecular formula is C12H17N3O2. The number of ether oxygens (including phenoxy) is 1. The molecule has 3 rings (SSSR count). The van der Waals surface area contributed by atoms with Crippen molar-refractivity contribution in [1.82, 2.24) is 14.8 Å². The van der Waals surface area contributed by atoms with E-state index in [4.69, 9.17) is 4.74 Å². The number of carbonyl (C=O) groups is 1. The number of rotatable bonds is 3. The first-order valence-electron chi connectivity index (χ1n) is 6.38.